The maximum absolute atomic E-state index is 4.52. The summed E-state index contributed by atoms with van der Waals surface area (Å²) in [6.45, 7) is 0. The Balaban J connectivity index is 0.000000934. The maximum Gasteiger partial charge on any atom is 2.00 e. The minimum Gasteiger partial charge on any atom is -1.00 e. The molecule has 28 heavy (non-hydrogen) atoms. The number of aromatic nitrogens is 4. The molecule has 4 nitrogen and oxygen atoms in total. The van der Waals surface area contributed by atoms with Crippen molar-refractivity contribution in [3.8, 4) is 0 Å². The minimum atomic E-state index is -0.138. The Labute approximate surface area is 210 Å². The summed E-state index contributed by atoms with van der Waals surface area (Å²) in [5.74, 6) is 0. The first-order chi connectivity index (χ1) is 12.4. The van der Waals surface area contributed by atoms with E-state index in [2.05, 4.69) is 64.8 Å². The van der Waals surface area contributed by atoms with Crippen LogP contribution in [0.15, 0.2) is 91.5 Å². The van der Waals surface area contributed by atoms with Gasteiger partial charge < -0.3 is 48.0 Å². The molecule has 0 unspecified atom stereocenters. The number of fused-ring (bicyclic) bond motifs is 2. The summed E-state index contributed by atoms with van der Waals surface area (Å²) in [4.78, 5) is 0. The Morgan fingerprint density at radius 3 is 1.54 bits per heavy atom. The zero-order chi connectivity index (χ0) is 16.6. The average Bonchev–Trinajstić information content (AvgIpc) is 3.36. The Kier molecular flexibility index (Phi) is 8.15. The second-order valence-corrected chi connectivity index (χ2v) is 6.08. The van der Waals surface area contributed by atoms with E-state index in [0.29, 0.717) is 0 Å². The van der Waals surface area contributed by atoms with Crippen LogP contribution in [0.25, 0.3) is 21.5 Å². The average molecular weight is 644 g/mol. The molecule has 0 aliphatic rings. The third-order valence-electron chi connectivity index (χ3n) is 4.62. The van der Waals surface area contributed by atoms with E-state index in [1.54, 1.807) is 0 Å². The van der Waals surface area contributed by atoms with Crippen molar-refractivity contribution in [2.75, 3.05) is 0 Å². The zero-order valence-electron chi connectivity index (χ0n) is 15.0. The summed E-state index contributed by atoms with van der Waals surface area (Å²) in [6.07, 6.45) is 7.46. The van der Waals surface area contributed by atoms with Crippen LogP contribution < -0.4 is 48.0 Å². The standard InChI is InChI=1S/C21H16N4.2HI.Zn/c1-3-9-18-16(7-1)15-17-8-2-4-10-19(17)20(18)21(24-13-5-11-22-24)25-14-6-12-23-25;;;/h1-15,21H;2*1H;/q;;;+2/p-2. The molecule has 0 aliphatic carbocycles. The molecule has 0 saturated heterocycles. The number of nitrogens with zero attached hydrogens (tertiary/aromatic N) is 4. The van der Waals surface area contributed by atoms with E-state index in [1.165, 1.54) is 27.1 Å². The summed E-state index contributed by atoms with van der Waals surface area (Å²) in [5.41, 5.74) is 1.21. The van der Waals surface area contributed by atoms with Crippen LogP contribution in [0.1, 0.15) is 11.7 Å². The molecule has 0 spiro atoms. The van der Waals surface area contributed by atoms with E-state index in [1.807, 2.05) is 46.3 Å². The fraction of sp³-hybridized carbons (Fsp3) is 0.0476. The van der Waals surface area contributed by atoms with Gasteiger partial charge in [-0.2, -0.15) is 10.2 Å². The predicted molar refractivity (Wildman–Crippen MR) is 99.4 cm³/mol. The van der Waals surface area contributed by atoms with Crippen molar-refractivity contribution in [1.29, 1.82) is 0 Å². The normalized spacial score (nSPS) is 10.3. The minimum absolute atomic E-state index is 0. The Hall–Kier alpha value is -1.32. The number of hydrogen-bond donors (Lipinski definition) is 0. The summed E-state index contributed by atoms with van der Waals surface area (Å²) in [5, 5.41) is 13.9. The zero-order valence-corrected chi connectivity index (χ0v) is 22.3. The molecular weight excluding hydrogens is 627 g/mol. The van der Waals surface area contributed by atoms with E-state index >= 15 is 0 Å². The van der Waals surface area contributed by atoms with Crippen LogP contribution in [0, 0.1) is 0 Å². The van der Waals surface area contributed by atoms with Gasteiger partial charge in [-0.15, -0.1) is 0 Å². The monoisotopic (exact) mass is 642 g/mol. The molecule has 0 atom stereocenters. The van der Waals surface area contributed by atoms with Crippen molar-refractivity contribution < 1.29 is 67.4 Å². The van der Waals surface area contributed by atoms with Crippen LogP contribution in [-0.2, 0) is 19.5 Å². The van der Waals surface area contributed by atoms with Crippen LogP contribution in [0.5, 0.6) is 0 Å². The van der Waals surface area contributed by atoms with Gasteiger partial charge in [0.2, 0.25) is 0 Å². The number of hydrogen-bond acceptors (Lipinski definition) is 2. The van der Waals surface area contributed by atoms with Gasteiger partial charge in [0.05, 0.1) is 0 Å². The van der Waals surface area contributed by atoms with Gasteiger partial charge in [0.25, 0.3) is 0 Å². The molecule has 2 heterocycles. The molecule has 0 fully saturated rings. The van der Waals surface area contributed by atoms with E-state index in [0.717, 1.165) is 0 Å². The molecule has 3 aromatic carbocycles. The molecule has 0 bridgehead atoms. The van der Waals surface area contributed by atoms with Crippen molar-refractivity contribution in [2.45, 2.75) is 6.17 Å². The summed E-state index contributed by atoms with van der Waals surface area (Å²) in [7, 11) is 0. The largest absolute Gasteiger partial charge is 2.00 e. The van der Waals surface area contributed by atoms with Crippen LogP contribution >= 0.6 is 0 Å². The first-order valence-corrected chi connectivity index (χ1v) is 8.30. The molecule has 136 valence electrons. The predicted octanol–water partition coefficient (Wildman–Crippen LogP) is -1.51. The van der Waals surface area contributed by atoms with Crippen molar-refractivity contribution in [3.63, 3.8) is 0 Å². The number of halogens is 2. The first kappa shape index (κ1) is 23.0. The van der Waals surface area contributed by atoms with Crippen LogP contribution in [0.2, 0.25) is 0 Å². The van der Waals surface area contributed by atoms with E-state index < -0.39 is 0 Å². The molecule has 2 aromatic heterocycles. The van der Waals surface area contributed by atoms with Crippen molar-refractivity contribution in [2.24, 2.45) is 0 Å². The van der Waals surface area contributed by atoms with E-state index in [4.69, 9.17) is 0 Å². The van der Waals surface area contributed by atoms with Gasteiger partial charge in [0, 0.05) is 30.4 Å². The molecule has 0 saturated carbocycles. The molecule has 5 aromatic rings. The second kappa shape index (κ2) is 9.94. The smallest absolute Gasteiger partial charge is 1.00 e. The van der Waals surface area contributed by atoms with Gasteiger partial charge in [0.1, 0.15) is 0 Å². The maximum atomic E-state index is 4.52. The summed E-state index contributed by atoms with van der Waals surface area (Å²) < 4.78 is 3.92. The molecule has 7 heteroatoms. The van der Waals surface area contributed by atoms with Gasteiger partial charge in [0.15, 0.2) is 6.17 Å². The van der Waals surface area contributed by atoms with E-state index in [9.17, 15) is 0 Å². The van der Waals surface area contributed by atoms with Crippen molar-refractivity contribution in [3.05, 3.63) is 97.1 Å². The third-order valence-corrected chi connectivity index (χ3v) is 4.62. The van der Waals surface area contributed by atoms with Crippen molar-refractivity contribution >= 4 is 21.5 Å². The van der Waals surface area contributed by atoms with Crippen LogP contribution in [0.3, 0.4) is 0 Å². The molecule has 0 N–H and O–H groups in total. The molecule has 0 radical (unpaired) electrons. The first-order valence-electron chi connectivity index (χ1n) is 8.30. The number of benzene rings is 3. The third kappa shape index (κ3) is 4.02. The van der Waals surface area contributed by atoms with Gasteiger partial charge in [-0.25, -0.2) is 9.36 Å². The topological polar surface area (TPSA) is 35.6 Å². The van der Waals surface area contributed by atoms with Gasteiger partial charge in [-0.05, 0) is 39.7 Å². The second-order valence-electron chi connectivity index (χ2n) is 6.08. The van der Waals surface area contributed by atoms with Crippen molar-refractivity contribution in [1.82, 2.24) is 19.6 Å². The Bertz CT molecular complexity index is 1070. The number of rotatable bonds is 3. The molecule has 0 amide bonds. The molecule has 0 aliphatic heterocycles. The van der Waals surface area contributed by atoms with Gasteiger partial charge in [-0.1, -0.05) is 48.5 Å². The SMILES string of the molecule is [I-].[I-].[Zn+2].c1ccc2c(C(n3cccn3)n3cccn3)c3ccccc3cc2c1. The fourth-order valence-electron chi connectivity index (χ4n) is 3.56. The molecule has 5 rings (SSSR count). The fourth-order valence-corrected chi connectivity index (χ4v) is 3.56. The van der Waals surface area contributed by atoms with Crippen LogP contribution in [-0.4, -0.2) is 19.6 Å². The van der Waals surface area contributed by atoms with Crippen LogP contribution in [0.4, 0.5) is 0 Å². The summed E-state index contributed by atoms with van der Waals surface area (Å²) in [6, 6.07) is 23.2. The summed E-state index contributed by atoms with van der Waals surface area (Å²) >= 11 is 0. The Morgan fingerprint density at radius 1 is 0.643 bits per heavy atom. The van der Waals surface area contributed by atoms with Gasteiger partial charge >= 0.3 is 19.5 Å². The van der Waals surface area contributed by atoms with E-state index in [-0.39, 0.29) is 73.6 Å². The molecular formula is C21H16I2N4Zn. The van der Waals surface area contributed by atoms with Gasteiger partial charge in [-0.3, -0.25) is 0 Å². The quantitative estimate of drug-likeness (QED) is 0.136. The Morgan fingerprint density at radius 2 is 1.11 bits per heavy atom.